The Morgan fingerprint density at radius 2 is 1.95 bits per heavy atom. The van der Waals surface area contributed by atoms with E-state index >= 15 is 0 Å². The summed E-state index contributed by atoms with van der Waals surface area (Å²) < 4.78 is 1.69. The molecule has 0 radical (unpaired) electrons. The van der Waals surface area contributed by atoms with E-state index in [0.717, 1.165) is 21.1 Å². The van der Waals surface area contributed by atoms with Crippen LogP contribution in [0.1, 0.15) is 19.5 Å². The lowest BCUT2D eigenvalue weighted by Gasteiger charge is -2.09. The highest BCUT2D eigenvalue weighted by Gasteiger charge is 2.13. The third-order valence-electron chi connectivity index (χ3n) is 2.44. The van der Waals surface area contributed by atoms with Crippen LogP contribution in [0.4, 0.5) is 0 Å². The van der Waals surface area contributed by atoms with Crippen LogP contribution in [0.3, 0.4) is 0 Å². The van der Waals surface area contributed by atoms with E-state index in [4.69, 9.17) is 11.6 Å². The van der Waals surface area contributed by atoms with Gasteiger partial charge >= 0.3 is 0 Å². The minimum atomic E-state index is 0.422. The largest absolute Gasteiger partial charge is 0.252 e. The quantitative estimate of drug-likeness (QED) is 0.681. The monoisotopic (exact) mass is 403 g/mol. The van der Waals surface area contributed by atoms with E-state index < -0.39 is 0 Å². The lowest BCUT2D eigenvalue weighted by atomic mass is 10.1. The molecule has 19 heavy (non-hydrogen) atoms. The van der Waals surface area contributed by atoms with Gasteiger partial charge in [-0.15, -0.1) is 0 Å². The topological polar surface area (TPSA) is 38.7 Å². The molecule has 0 aliphatic carbocycles. The molecule has 0 bridgehead atoms. The SMILES string of the molecule is CC(C)Cc1nc(-c2ccc(Br)cn2)nc(Cl)c1Br. The maximum absolute atomic E-state index is 6.15. The molecule has 0 aromatic carbocycles. The van der Waals surface area contributed by atoms with Gasteiger partial charge in [0.25, 0.3) is 0 Å². The number of hydrogen-bond donors (Lipinski definition) is 0. The number of pyridine rings is 1. The highest BCUT2D eigenvalue weighted by Crippen LogP contribution is 2.28. The van der Waals surface area contributed by atoms with Crippen molar-refractivity contribution in [1.29, 1.82) is 0 Å². The molecular formula is C13H12Br2ClN3. The Labute approximate surface area is 134 Å². The van der Waals surface area contributed by atoms with Crippen molar-refractivity contribution >= 4 is 43.5 Å². The predicted molar refractivity (Wildman–Crippen MR) is 84.2 cm³/mol. The highest BCUT2D eigenvalue weighted by atomic mass is 79.9. The second-order valence-corrected chi connectivity index (χ2v) is 6.63. The van der Waals surface area contributed by atoms with E-state index in [1.807, 2.05) is 12.1 Å². The van der Waals surface area contributed by atoms with Gasteiger partial charge in [-0.1, -0.05) is 25.4 Å². The van der Waals surface area contributed by atoms with Gasteiger partial charge in [-0.25, -0.2) is 9.97 Å². The summed E-state index contributed by atoms with van der Waals surface area (Å²) in [6, 6.07) is 3.77. The summed E-state index contributed by atoms with van der Waals surface area (Å²) in [4.78, 5) is 13.1. The fourth-order valence-corrected chi connectivity index (χ4v) is 2.37. The fourth-order valence-electron chi connectivity index (χ4n) is 1.61. The maximum Gasteiger partial charge on any atom is 0.179 e. The molecule has 0 unspecified atom stereocenters. The zero-order valence-corrected chi connectivity index (χ0v) is 14.4. The van der Waals surface area contributed by atoms with Crippen molar-refractivity contribution in [2.24, 2.45) is 5.92 Å². The van der Waals surface area contributed by atoms with Crippen molar-refractivity contribution in [1.82, 2.24) is 15.0 Å². The van der Waals surface area contributed by atoms with Gasteiger partial charge in [-0.2, -0.15) is 0 Å². The molecule has 0 N–H and O–H groups in total. The smallest absolute Gasteiger partial charge is 0.179 e. The summed E-state index contributed by atoms with van der Waals surface area (Å²) in [6.07, 6.45) is 2.56. The van der Waals surface area contributed by atoms with Crippen molar-refractivity contribution in [3.05, 3.63) is 38.1 Å². The normalized spacial score (nSPS) is 11.1. The van der Waals surface area contributed by atoms with E-state index in [2.05, 4.69) is 60.7 Å². The zero-order chi connectivity index (χ0) is 14.0. The molecule has 0 saturated heterocycles. The number of aromatic nitrogens is 3. The summed E-state index contributed by atoms with van der Waals surface area (Å²) in [5.74, 6) is 1.05. The van der Waals surface area contributed by atoms with Gasteiger partial charge in [0.2, 0.25) is 0 Å². The number of rotatable bonds is 3. The maximum atomic E-state index is 6.15. The van der Waals surface area contributed by atoms with Crippen LogP contribution in [0.25, 0.3) is 11.5 Å². The van der Waals surface area contributed by atoms with Gasteiger partial charge in [0, 0.05) is 10.7 Å². The van der Waals surface area contributed by atoms with Crippen LogP contribution >= 0.6 is 43.5 Å². The number of hydrogen-bond acceptors (Lipinski definition) is 3. The molecule has 0 atom stereocenters. The third-order valence-corrected chi connectivity index (χ3v) is 4.24. The second kappa shape index (κ2) is 6.29. The molecule has 2 aromatic rings. The summed E-state index contributed by atoms with van der Waals surface area (Å²) in [7, 11) is 0. The van der Waals surface area contributed by atoms with E-state index in [9.17, 15) is 0 Å². The zero-order valence-electron chi connectivity index (χ0n) is 10.5. The Bertz CT molecular complexity index is 585. The van der Waals surface area contributed by atoms with E-state index in [1.165, 1.54) is 0 Å². The molecule has 2 aromatic heterocycles. The molecule has 0 aliphatic heterocycles. The van der Waals surface area contributed by atoms with Crippen LogP contribution in [0.2, 0.25) is 5.15 Å². The first-order valence-corrected chi connectivity index (χ1v) is 7.77. The average molecular weight is 406 g/mol. The molecule has 3 nitrogen and oxygen atoms in total. The average Bonchev–Trinajstić information content (AvgIpc) is 2.35. The first-order chi connectivity index (χ1) is 8.97. The Kier molecular flexibility index (Phi) is 4.92. The Morgan fingerprint density at radius 3 is 2.53 bits per heavy atom. The highest BCUT2D eigenvalue weighted by molar-refractivity contribution is 9.10. The van der Waals surface area contributed by atoms with E-state index in [1.54, 1.807) is 6.20 Å². The lowest BCUT2D eigenvalue weighted by Crippen LogP contribution is -2.03. The fraction of sp³-hybridized carbons (Fsp3) is 0.308. The van der Waals surface area contributed by atoms with Gasteiger partial charge in [0.15, 0.2) is 5.82 Å². The first kappa shape index (κ1) is 14.9. The molecule has 2 rings (SSSR count). The summed E-state index contributed by atoms with van der Waals surface area (Å²) in [6.45, 7) is 4.28. The van der Waals surface area contributed by atoms with E-state index in [0.29, 0.717) is 22.6 Å². The van der Waals surface area contributed by atoms with Crippen molar-refractivity contribution < 1.29 is 0 Å². The second-order valence-electron chi connectivity index (χ2n) is 4.56. The summed E-state index contributed by atoms with van der Waals surface area (Å²) >= 11 is 12.9. The minimum Gasteiger partial charge on any atom is -0.252 e. The van der Waals surface area contributed by atoms with Gasteiger partial charge < -0.3 is 0 Å². The Balaban J connectivity index is 2.46. The Hall–Kier alpha value is -0.520. The van der Waals surface area contributed by atoms with Crippen molar-refractivity contribution in [3.8, 4) is 11.5 Å². The van der Waals surface area contributed by atoms with Gasteiger partial charge in [0.05, 0.1) is 10.2 Å². The van der Waals surface area contributed by atoms with E-state index in [-0.39, 0.29) is 0 Å². The molecule has 0 fully saturated rings. The van der Waals surface area contributed by atoms with Crippen LogP contribution in [0, 0.1) is 5.92 Å². The molecule has 2 heterocycles. The summed E-state index contributed by atoms with van der Waals surface area (Å²) in [5.41, 5.74) is 1.62. The van der Waals surface area contributed by atoms with Crippen molar-refractivity contribution in [2.75, 3.05) is 0 Å². The molecule has 6 heteroatoms. The number of halogens is 3. The first-order valence-electron chi connectivity index (χ1n) is 5.81. The molecule has 0 saturated carbocycles. The minimum absolute atomic E-state index is 0.422. The van der Waals surface area contributed by atoms with Crippen LogP contribution in [-0.2, 0) is 6.42 Å². The number of nitrogens with zero attached hydrogens (tertiary/aromatic N) is 3. The predicted octanol–water partition coefficient (Wildman–Crippen LogP) is 4.92. The van der Waals surface area contributed by atoms with Crippen molar-refractivity contribution in [3.63, 3.8) is 0 Å². The summed E-state index contributed by atoms with van der Waals surface area (Å²) in [5, 5.41) is 0.422. The van der Waals surface area contributed by atoms with Crippen LogP contribution in [-0.4, -0.2) is 15.0 Å². The molecule has 0 amide bonds. The van der Waals surface area contributed by atoms with Crippen LogP contribution in [0.15, 0.2) is 27.3 Å². The lowest BCUT2D eigenvalue weighted by molar-refractivity contribution is 0.632. The van der Waals surface area contributed by atoms with Gasteiger partial charge in [-0.05, 0) is 56.3 Å². The van der Waals surface area contributed by atoms with Crippen LogP contribution < -0.4 is 0 Å². The van der Waals surface area contributed by atoms with Gasteiger partial charge in [0.1, 0.15) is 10.8 Å². The van der Waals surface area contributed by atoms with Gasteiger partial charge in [-0.3, -0.25) is 4.98 Å². The molecule has 0 spiro atoms. The molecule has 100 valence electrons. The van der Waals surface area contributed by atoms with Crippen LogP contribution in [0.5, 0.6) is 0 Å². The van der Waals surface area contributed by atoms with Crippen molar-refractivity contribution in [2.45, 2.75) is 20.3 Å². The Morgan fingerprint density at radius 1 is 1.21 bits per heavy atom. The standard InChI is InChI=1S/C13H12Br2ClN3/c1-7(2)5-10-11(15)12(16)19-13(18-10)9-4-3-8(14)6-17-9/h3-4,6-7H,5H2,1-2H3. The third kappa shape index (κ3) is 3.74. The molecular weight excluding hydrogens is 393 g/mol. The molecule has 0 aliphatic rings.